The van der Waals surface area contributed by atoms with E-state index in [1.54, 1.807) is 18.9 Å². The summed E-state index contributed by atoms with van der Waals surface area (Å²) in [6.07, 6.45) is 2.03. The molecule has 0 bridgehead atoms. The van der Waals surface area contributed by atoms with E-state index in [1.165, 1.54) is 0 Å². The van der Waals surface area contributed by atoms with Gasteiger partial charge in [-0.1, -0.05) is 36.4 Å². The Bertz CT molecular complexity index is 560. The molecule has 4 heteroatoms. The number of nitrogens with one attached hydrogen (secondary N) is 1. The van der Waals surface area contributed by atoms with Gasteiger partial charge in [0.25, 0.3) is 0 Å². The van der Waals surface area contributed by atoms with E-state index in [0.717, 1.165) is 21.8 Å². The second-order valence-electron chi connectivity index (χ2n) is 4.72. The lowest BCUT2D eigenvalue weighted by atomic mass is 10.1. The van der Waals surface area contributed by atoms with Crippen LogP contribution in [0.5, 0.6) is 5.75 Å². The third-order valence-corrected chi connectivity index (χ3v) is 4.16. The van der Waals surface area contributed by atoms with Gasteiger partial charge >= 0.3 is 0 Å². The summed E-state index contributed by atoms with van der Waals surface area (Å²) in [4.78, 5) is 1.13. The van der Waals surface area contributed by atoms with Crippen molar-refractivity contribution in [1.82, 2.24) is 5.32 Å². The molecule has 0 aliphatic rings. The summed E-state index contributed by atoms with van der Waals surface area (Å²) in [6, 6.07) is 16.1. The van der Waals surface area contributed by atoms with E-state index in [1.807, 2.05) is 42.7 Å². The SMILES string of the molecule is COc1cc(CNC(CO)c2ccccc2)ccc1SC. The van der Waals surface area contributed by atoms with E-state index < -0.39 is 0 Å². The number of rotatable bonds is 7. The molecule has 112 valence electrons. The molecule has 0 aromatic heterocycles. The number of ether oxygens (including phenoxy) is 1. The Labute approximate surface area is 130 Å². The average molecular weight is 303 g/mol. The van der Waals surface area contributed by atoms with Crippen LogP contribution in [0.4, 0.5) is 0 Å². The summed E-state index contributed by atoms with van der Waals surface area (Å²) in [7, 11) is 1.69. The Hall–Kier alpha value is -1.49. The van der Waals surface area contributed by atoms with Crippen molar-refractivity contribution in [3.05, 3.63) is 59.7 Å². The molecular formula is C17H21NO2S. The number of thioether (sulfide) groups is 1. The third-order valence-electron chi connectivity index (χ3n) is 3.39. The van der Waals surface area contributed by atoms with Crippen molar-refractivity contribution in [2.75, 3.05) is 20.0 Å². The highest BCUT2D eigenvalue weighted by Gasteiger charge is 2.10. The normalized spacial score (nSPS) is 12.1. The molecule has 0 saturated carbocycles. The van der Waals surface area contributed by atoms with Crippen LogP contribution in [0.1, 0.15) is 17.2 Å². The van der Waals surface area contributed by atoms with Crippen LogP contribution in [0, 0.1) is 0 Å². The first-order chi connectivity index (χ1) is 10.3. The minimum atomic E-state index is -0.0579. The largest absolute Gasteiger partial charge is 0.496 e. The van der Waals surface area contributed by atoms with Gasteiger partial charge in [0.05, 0.1) is 19.8 Å². The van der Waals surface area contributed by atoms with E-state index in [4.69, 9.17) is 4.74 Å². The standard InChI is InChI=1S/C17H21NO2S/c1-20-16-10-13(8-9-17(16)21-2)11-18-15(12-19)14-6-4-3-5-7-14/h3-10,15,18-19H,11-12H2,1-2H3. The van der Waals surface area contributed by atoms with Crippen molar-refractivity contribution >= 4 is 11.8 Å². The first-order valence-electron chi connectivity index (χ1n) is 6.88. The summed E-state index contributed by atoms with van der Waals surface area (Å²) in [6.45, 7) is 0.759. The van der Waals surface area contributed by atoms with Crippen LogP contribution in [0.15, 0.2) is 53.4 Å². The van der Waals surface area contributed by atoms with Gasteiger partial charge in [0.15, 0.2) is 0 Å². The van der Waals surface area contributed by atoms with E-state index in [0.29, 0.717) is 6.54 Å². The zero-order chi connectivity index (χ0) is 15.1. The lowest BCUT2D eigenvalue weighted by Crippen LogP contribution is -2.23. The molecule has 0 spiro atoms. The van der Waals surface area contributed by atoms with Gasteiger partial charge in [-0.05, 0) is 29.5 Å². The zero-order valence-corrected chi connectivity index (χ0v) is 13.2. The summed E-state index contributed by atoms with van der Waals surface area (Å²) >= 11 is 1.67. The average Bonchev–Trinajstić information content (AvgIpc) is 2.56. The molecule has 21 heavy (non-hydrogen) atoms. The molecule has 0 aliphatic carbocycles. The van der Waals surface area contributed by atoms with E-state index in [2.05, 4.69) is 17.4 Å². The van der Waals surface area contributed by atoms with Gasteiger partial charge in [-0.25, -0.2) is 0 Å². The summed E-state index contributed by atoms with van der Waals surface area (Å²) in [5.41, 5.74) is 2.23. The molecule has 2 aromatic rings. The molecule has 0 radical (unpaired) electrons. The number of methoxy groups -OCH3 is 1. The molecule has 0 fully saturated rings. The maximum Gasteiger partial charge on any atom is 0.132 e. The van der Waals surface area contributed by atoms with E-state index in [-0.39, 0.29) is 12.6 Å². The van der Waals surface area contributed by atoms with Crippen molar-refractivity contribution in [1.29, 1.82) is 0 Å². The minimum Gasteiger partial charge on any atom is -0.496 e. The molecule has 0 aliphatic heterocycles. The number of hydrogen-bond acceptors (Lipinski definition) is 4. The first kappa shape index (κ1) is 15.9. The Morgan fingerprint density at radius 3 is 2.57 bits per heavy atom. The number of benzene rings is 2. The molecular weight excluding hydrogens is 282 g/mol. The van der Waals surface area contributed by atoms with Crippen LogP contribution in [-0.2, 0) is 6.54 Å². The highest BCUT2D eigenvalue weighted by Crippen LogP contribution is 2.28. The van der Waals surface area contributed by atoms with Crippen LogP contribution in [0.2, 0.25) is 0 Å². The molecule has 1 unspecified atom stereocenters. The molecule has 3 nitrogen and oxygen atoms in total. The van der Waals surface area contributed by atoms with Crippen LogP contribution in [0.25, 0.3) is 0 Å². The third kappa shape index (κ3) is 4.24. The van der Waals surface area contributed by atoms with Gasteiger partial charge in [0, 0.05) is 11.4 Å². The van der Waals surface area contributed by atoms with Crippen LogP contribution in [-0.4, -0.2) is 25.1 Å². The summed E-state index contributed by atoms with van der Waals surface area (Å²) in [5.74, 6) is 0.891. The highest BCUT2D eigenvalue weighted by molar-refractivity contribution is 7.98. The second kappa shape index (κ2) is 8.08. The Morgan fingerprint density at radius 2 is 1.95 bits per heavy atom. The lowest BCUT2D eigenvalue weighted by molar-refractivity contribution is 0.243. The van der Waals surface area contributed by atoms with Gasteiger partial charge in [0.2, 0.25) is 0 Å². The molecule has 2 aromatic carbocycles. The van der Waals surface area contributed by atoms with Crippen molar-refractivity contribution in [2.45, 2.75) is 17.5 Å². The Morgan fingerprint density at radius 1 is 1.19 bits per heavy atom. The topological polar surface area (TPSA) is 41.5 Å². The van der Waals surface area contributed by atoms with Crippen molar-refractivity contribution in [3.8, 4) is 5.75 Å². The van der Waals surface area contributed by atoms with Gasteiger partial charge in [0.1, 0.15) is 5.75 Å². The number of aliphatic hydroxyl groups is 1. The molecule has 2 rings (SSSR count). The fraction of sp³-hybridized carbons (Fsp3) is 0.294. The van der Waals surface area contributed by atoms with Gasteiger partial charge < -0.3 is 15.2 Å². The monoisotopic (exact) mass is 303 g/mol. The van der Waals surface area contributed by atoms with Crippen molar-refractivity contribution in [2.24, 2.45) is 0 Å². The minimum absolute atomic E-state index is 0.0579. The highest BCUT2D eigenvalue weighted by atomic mass is 32.2. The van der Waals surface area contributed by atoms with Crippen molar-refractivity contribution in [3.63, 3.8) is 0 Å². The van der Waals surface area contributed by atoms with Crippen LogP contribution in [0.3, 0.4) is 0 Å². The van der Waals surface area contributed by atoms with Gasteiger partial charge in [-0.15, -0.1) is 11.8 Å². The van der Waals surface area contributed by atoms with Gasteiger partial charge in [-0.2, -0.15) is 0 Å². The molecule has 0 amide bonds. The Kier molecular flexibility index (Phi) is 6.11. The van der Waals surface area contributed by atoms with Crippen LogP contribution < -0.4 is 10.1 Å². The smallest absolute Gasteiger partial charge is 0.132 e. The predicted molar refractivity (Wildman–Crippen MR) is 87.9 cm³/mol. The lowest BCUT2D eigenvalue weighted by Gasteiger charge is -2.17. The number of aliphatic hydroxyl groups excluding tert-OH is 1. The Balaban J connectivity index is 2.05. The van der Waals surface area contributed by atoms with Gasteiger partial charge in [-0.3, -0.25) is 0 Å². The van der Waals surface area contributed by atoms with E-state index >= 15 is 0 Å². The predicted octanol–water partition coefficient (Wildman–Crippen LogP) is 3.24. The fourth-order valence-electron chi connectivity index (χ4n) is 2.20. The van der Waals surface area contributed by atoms with Crippen molar-refractivity contribution < 1.29 is 9.84 Å². The quantitative estimate of drug-likeness (QED) is 0.771. The summed E-state index contributed by atoms with van der Waals surface area (Å²) < 4.78 is 5.40. The van der Waals surface area contributed by atoms with E-state index in [9.17, 15) is 5.11 Å². The molecule has 1 atom stereocenters. The maximum atomic E-state index is 9.55. The summed E-state index contributed by atoms with van der Waals surface area (Å²) in [5, 5.41) is 12.9. The fourth-order valence-corrected chi connectivity index (χ4v) is 2.75. The second-order valence-corrected chi connectivity index (χ2v) is 5.56. The van der Waals surface area contributed by atoms with Crippen LogP contribution >= 0.6 is 11.8 Å². The molecule has 2 N–H and O–H groups in total. The molecule has 0 saturated heterocycles. The number of hydrogen-bond donors (Lipinski definition) is 2. The maximum absolute atomic E-state index is 9.55. The first-order valence-corrected chi connectivity index (χ1v) is 8.11. The molecule has 0 heterocycles. The zero-order valence-electron chi connectivity index (χ0n) is 12.4.